The topological polar surface area (TPSA) is 12.0 Å². The van der Waals surface area contributed by atoms with Crippen LogP contribution in [0.15, 0.2) is 18.2 Å². The van der Waals surface area contributed by atoms with Crippen molar-refractivity contribution in [3.05, 3.63) is 29.0 Å². The normalized spacial score (nSPS) is 24.3. The van der Waals surface area contributed by atoms with E-state index >= 15 is 0 Å². The quantitative estimate of drug-likeness (QED) is 0.804. The first-order valence-corrected chi connectivity index (χ1v) is 7.15. The smallest absolute Gasteiger partial charge is 0.124 e. The van der Waals surface area contributed by atoms with E-state index in [-0.39, 0.29) is 5.82 Å². The van der Waals surface area contributed by atoms with E-state index in [4.69, 9.17) is 11.6 Å². The first-order chi connectivity index (χ1) is 8.56. The van der Waals surface area contributed by atoms with Gasteiger partial charge in [0.05, 0.1) is 10.7 Å². The average Bonchev–Trinajstić information content (AvgIpc) is 2.33. The molecule has 3 heteroatoms. The zero-order chi connectivity index (χ0) is 13.1. The lowest BCUT2D eigenvalue weighted by molar-refractivity contribution is 0.267. The minimum atomic E-state index is -0.283. The van der Waals surface area contributed by atoms with Crippen LogP contribution >= 0.6 is 11.6 Å². The predicted molar refractivity (Wildman–Crippen MR) is 75.6 cm³/mol. The molecule has 1 aliphatic carbocycles. The maximum Gasteiger partial charge on any atom is 0.124 e. The van der Waals surface area contributed by atoms with Crippen LogP contribution in [0, 0.1) is 17.7 Å². The molecule has 1 aliphatic rings. The standard InChI is InChI=1S/C15H21ClFN/c1-10(2)11-3-6-13(7-4-11)18-15-8-5-12(17)9-14(15)16/h5,8-11,13,18H,3-4,6-7H2,1-2H3. The molecule has 0 radical (unpaired) electrons. The van der Waals surface area contributed by atoms with Crippen molar-refractivity contribution in [3.63, 3.8) is 0 Å². The first-order valence-electron chi connectivity index (χ1n) is 6.78. The van der Waals surface area contributed by atoms with Gasteiger partial charge in [-0.3, -0.25) is 0 Å². The van der Waals surface area contributed by atoms with E-state index < -0.39 is 0 Å². The Bertz CT molecular complexity index is 397. The van der Waals surface area contributed by atoms with Gasteiger partial charge in [0.1, 0.15) is 5.82 Å². The van der Waals surface area contributed by atoms with Gasteiger partial charge in [-0.1, -0.05) is 25.4 Å². The molecular weight excluding hydrogens is 249 g/mol. The maximum atomic E-state index is 13.0. The van der Waals surface area contributed by atoms with Gasteiger partial charge < -0.3 is 5.32 Å². The second-order valence-corrected chi connectivity index (χ2v) is 6.03. The fourth-order valence-electron chi connectivity index (χ4n) is 2.76. The van der Waals surface area contributed by atoms with Gasteiger partial charge in [0.15, 0.2) is 0 Å². The van der Waals surface area contributed by atoms with Crippen LogP contribution < -0.4 is 5.32 Å². The summed E-state index contributed by atoms with van der Waals surface area (Å²) >= 11 is 6.03. The van der Waals surface area contributed by atoms with Crippen LogP contribution in [0.5, 0.6) is 0 Å². The van der Waals surface area contributed by atoms with Gasteiger partial charge in [0.25, 0.3) is 0 Å². The summed E-state index contributed by atoms with van der Waals surface area (Å²) in [6.07, 6.45) is 4.90. The molecular formula is C15H21ClFN. The number of anilines is 1. The molecule has 18 heavy (non-hydrogen) atoms. The van der Waals surface area contributed by atoms with Gasteiger partial charge in [-0.25, -0.2) is 4.39 Å². The van der Waals surface area contributed by atoms with Gasteiger partial charge >= 0.3 is 0 Å². The van der Waals surface area contributed by atoms with Crippen LogP contribution in [-0.2, 0) is 0 Å². The lowest BCUT2D eigenvalue weighted by atomic mass is 9.79. The third-order valence-electron chi connectivity index (χ3n) is 4.01. The van der Waals surface area contributed by atoms with Crippen LogP contribution in [0.25, 0.3) is 0 Å². The van der Waals surface area contributed by atoms with Crippen molar-refractivity contribution in [2.45, 2.75) is 45.6 Å². The molecule has 1 saturated carbocycles. The Morgan fingerprint density at radius 2 is 1.89 bits per heavy atom. The Morgan fingerprint density at radius 1 is 1.22 bits per heavy atom. The van der Waals surface area contributed by atoms with Crippen molar-refractivity contribution in [1.82, 2.24) is 0 Å². The van der Waals surface area contributed by atoms with Gasteiger partial charge in [0, 0.05) is 6.04 Å². The van der Waals surface area contributed by atoms with E-state index in [1.807, 2.05) is 0 Å². The number of hydrogen-bond acceptors (Lipinski definition) is 1. The number of nitrogens with one attached hydrogen (secondary N) is 1. The van der Waals surface area contributed by atoms with Crippen molar-refractivity contribution in [3.8, 4) is 0 Å². The van der Waals surface area contributed by atoms with Crippen molar-refractivity contribution in [2.75, 3.05) is 5.32 Å². The molecule has 1 aromatic rings. The highest BCUT2D eigenvalue weighted by Gasteiger charge is 2.23. The first kappa shape index (κ1) is 13.7. The van der Waals surface area contributed by atoms with Crippen molar-refractivity contribution in [2.24, 2.45) is 11.8 Å². The molecule has 0 bridgehead atoms. The Kier molecular flexibility index (Phi) is 4.50. The summed E-state index contributed by atoms with van der Waals surface area (Å²) in [4.78, 5) is 0. The van der Waals surface area contributed by atoms with Gasteiger partial charge in [0.2, 0.25) is 0 Å². The number of benzene rings is 1. The molecule has 1 N–H and O–H groups in total. The number of hydrogen-bond donors (Lipinski definition) is 1. The average molecular weight is 270 g/mol. The third kappa shape index (κ3) is 3.38. The van der Waals surface area contributed by atoms with Crippen molar-refractivity contribution >= 4 is 17.3 Å². The molecule has 0 aromatic heterocycles. The van der Waals surface area contributed by atoms with Crippen LogP contribution in [0.1, 0.15) is 39.5 Å². The zero-order valence-corrected chi connectivity index (χ0v) is 11.8. The Morgan fingerprint density at radius 3 is 2.44 bits per heavy atom. The molecule has 0 aliphatic heterocycles. The summed E-state index contributed by atoms with van der Waals surface area (Å²) in [6, 6.07) is 5.02. The predicted octanol–water partition coefficient (Wildman–Crippen LogP) is 5.11. The summed E-state index contributed by atoms with van der Waals surface area (Å²) in [5, 5.41) is 3.91. The van der Waals surface area contributed by atoms with E-state index in [0.29, 0.717) is 11.1 Å². The number of rotatable bonds is 3. The summed E-state index contributed by atoms with van der Waals surface area (Å²) in [5.74, 6) is 1.35. The molecule has 1 fully saturated rings. The van der Waals surface area contributed by atoms with E-state index in [9.17, 15) is 4.39 Å². The van der Waals surface area contributed by atoms with Gasteiger partial charge in [-0.15, -0.1) is 0 Å². The molecule has 0 heterocycles. The molecule has 100 valence electrons. The maximum absolute atomic E-state index is 13.0. The third-order valence-corrected chi connectivity index (χ3v) is 4.32. The van der Waals surface area contributed by atoms with Crippen LogP contribution in [0.2, 0.25) is 5.02 Å². The van der Waals surface area contributed by atoms with Gasteiger partial charge in [-0.2, -0.15) is 0 Å². The second kappa shape index (κ2) is 5.92. The van der Waals surface area contributed by atoms with E-state index in [1.54, 1.807) is 6.07 Å². The lowest BCUT2D eigenvalue weighted by Crippen LogP contribution is -2.28. The summed E-state index contributed by atoms with van der Waals surface area (Å²) in [6.45, 7) is 4.60. The SMILES string of the molecule is CC(C)C1CCC(Nc2ccc(F)cc2Cl)CC1. The highest BCUT2D eigenvalue weighted by molar-refractivity contribution is 6.33. The van der Waals surface area contributed by atoms with Crippen molar-refractivity contribution < 1.29 is 4.39 Å². The fourth-order valence-corrected chi connectivity index (χ4v) is 2.98. The Labute approximate surface area is 114 Å². The molecule has 0 atom stereocenters. The fraction of sp³-hybridized carbons (Fsp3) is 0.600. The highest BCUT2D eigenvalue weighted by Crippen LogP contribution is 2.32. The van der Waals surface area contributed by atoms with E-state index in [2.05, 4.69) is 19.2 Å². The largest absolute Gasteiger partial charge is 0.381 e. The van der Waals surface area contributed by atoms with E-state index in [1.165, 1.54) is 37.8 Å². The molecule has 0 spiro atoms. The zero-order valence-electron chi connectivity index (χ0n) is 11.0. The minimum absolute atomic E-state index is 0.283. The molecule has 2 rings (SSSR count). The van der Waals surface area contributed by atoms with Crippen LogP contribution in [0.3, 0.4) is 0 Å². The Balaban J connectivity index is 1.91. The second-order valence-electron chi connectivity index (χ2n) is 5.62. The van der Waals surface area contributed by atoms with Gasteiger partial charge in [-0.05, 0) is 55.7 Å². The molecule has 0 amide bonds. The molecule has 1 nitrogen and oxygen atoms in total. The molecule has 0 saturated heterocycles. The van der Waals surface area contributed by atoms with Crippen LogP contribution in [-0.4, -0.2) is 6.04 Å². The van der Waals surface area contributed by atoms with Crippen LogP contribution in [0.4, 0.5) is 10.1 Å². The summed E-state index contributed by atoms with van der Waals surface area (Å²) < 4.78 is 13.0. The highest BCUT2D eigenvalue weighted by atomic mass is 35.5. The number of halogens is 2. The monoisotopic (exact) mass is 269 g/mol. The van der Waals surface area contributed by atoms with Crippen molar-refractivity contribution in [1.29, 1.82) is 0 Å². The minimum Gasteiger partial charge on any atom is -0.381 e. The van der Waals surface area contributed by atoms with E-state index in [0.717, 1.165) is 17.5 Å². The summed E-state index contributed by atoms with van der Waals surface area (Å²) in [5.41, 5.74) is 0.853. The molecule has 0 unspecified atom stereocenters. The molecule has 1 aromatic carbocycles. The lowest BCUT2D eigenvalue weighted by Gasteiger charge is -2.32. The Hall–Kier alpha value is -0.760. The summed E-state index contributed by atoms with van der Waals surface area (Å²) in [7, 11) is 0.